The van der Waals surface area contributed by atoms with Crippen LogP contribution in [0.4, 0.5) is 0 Å². The summed E-state index contributed by atoms with van der Waals surface area (Å²) in [4.78, 5) is 0. The number of aryl methyl sites for hydroxylation is 1. The van der Waals surface area contributed by atoms with Crippen molar-refractivity contribution < 1.29 is 4.74 Å². The molecule has 102 valence electrons. The minimum absolute atomic E-state index is 0.331. The molecule has 0 bridgehead atoms. The van der Waals surface area contributed by atoms with Crippen molar-refractivity contribution >= 4 is 15.9 Å². The van der Waals surface area contributed by atoms with Gasteiger partial charge in [-0.3, -0.25) is 0 Å². The van der Waals surface area contributed by atoms with Crippen LogP contribution >= 0.6 is 15.9 Å². The van der Waals surface area contributed by atoms with Crippen LogP contribution in [0.1, 0.15) is 45.1 Å². The standard InChI is InChI=1S/C15H24BrNO/c1-3-10-18-15-9-8-13(16)11-12(15)6-5-7-14(17)4-2/h8-9,11,14H,3-7,10,17H2,1-2H3. The summed E-state index contributed by atoms with van der Waals surface area (Å²) in [5.74, 6) is 1.02. The van der Waals surface area contributed by atoms with Crippen molar-refractivity contribution in [2.75, 3.05) is 6.61 Å². The zero-order valence-corrected chi connectivity index (χ0v) is 13.0. The van der Waals surface area contributed by atoms with E-state index in [1.165, 1.54) is 5.56 Å². The van der Waals surface area contributed by atoms with Gasteiger partial charge in [-0.05, 0) is 55.9 Å². The molecule has 2 N–H and O–H groups in total. The van der Waals surface area contributed by atoms with Crippen molar-refractivity contribution in [1.82, 2.24) is 0 Å². The van der Waals surface area contributed by atoms with E-state index >= 15 is 0 Å². The van der Waals surface area contributed by atoms with Crippen LogP contribution in [0.15, 0.2) is 22.7 Å². The molecule has 0 aliphatic carbocycles. The Morgan fingerprint density at radius 1 is 1.33 bits per heavy atom. The molecule has 1 aromatic rings. The molecule has 0 aliphatic heterocycles. The van der Waals surface area contributed by atoms with Gasteiger partial charge in [0.25, 0.3) is 0 Å². The Morgan fingerprint density at radius 3 is 2.78 bits per heavy atom. The molecule has 0 saturated carbocycles. The van der Waals surface area contributed by atoms with E-state index in [0.717, 1.165) is 48.9 Å². The SMILES string of the molecule is CCCOc1ccc(Br)cc1CCCC(N)CC. The topological polar surface area (TPSA) is 35.2 Å². The maximum Gasteiger partial charge on any atom is 0.122 e. The number of rotatable bonds is 8. The van der Waals surface area contributed by atoms with E-state index in [0.29, 0.717) is 6.04 Å². The lowest BCUT2D eigenvalue weighted by molar-refractivity contribution is 0.313. The molecular formula is C15H24BrNO. The minimum atomic E-state index is 0.331. The van der Waals surface area contributed by atoms with Gasteiger partial charge >= 0.3 is 0 Å². The minimum Gasteiger partial charge on any atom is -0.493 e. The predicted octanol–water partition coefficient (Wildman–Crippen LogP) is 4.30. The summed E-state index contributed by atoms with van der Waals surface area (Å²) in [6.45, 7) is 5.04. The van der Waals surface area contributed by atoms with Crippen LogP contribution in [0.3, 0.4) is 0 Å². The maximum absolute atomic E-state index is 5.94. The first-order chi connectivity index (χ1) is 8.67. The van der Waals surface area contributed by atoms with Crippen molar-refractivity contribution in [1.29, 1.82) is 0 Å². The second-order valence-corrected chi connectivity index (χ2v) is 5.58. The van der Waals surface area contributed by atoms with Gasteiger partial charge in [0.15, 0.2) is 0 Å². The van der Waals surface area contributed by atoms with E-state index in [9.17, 15) is 0 Å². The normalized spacial score (nSPS) is 12.4. The van der Waals surface area contributed by atoms with Gasteiger partial charge in [0.2, 0.25) is 0 Å². The lowest BCUT2D eigenvalue weighted by Gasteiger charge is -2.13. The lowest BCUT2D eigenvalue weighted by atomic mass is 10.0. The van der Waals surface area contributed by atoms with Crippen LogP contribution in [-0.4, -0.2) is 12.6 Å². The Labute approximate surface area is 119 Å². The van der Waals surface area contributed by atoms with E-state index in [2.05, 4.69) is 41.9 Å². The summed E-state index contributed by atoms with van der Waals surface area (Å²) in [7, 11) is 0. The molecule has 1 atom stereocenters. The van der Waals surface area contributed by atoms with Crippen molar-refractivity contribution in [2.45, 2.75) is 52.0 Å². The second-order valence-electron chi connectivity index (χ2n) is 4.66. The Morgan fingerprint density at radius 2 is 2.11 bits per heavy atom. The van der Waals surface area contributed by atoms with E-state index in [1.54, 1.807) is 0 Å². The Hall–Kier alpha value is -0.540. The molecule has 3 heteroatoms. The van der Waals surface area contributed by atoms with Crippen LogP contribution in [0.5, 0.6) is 5.75 Å². The Balaban J connectivity index is 2.58. The van der Waals surface area contributed by atoms with E-state index in [-0.39, 0.29) is 0 Å². The quantitative estimate of drug-likeness (QED) is 0.776. The number of nitrogens with two attached hydrogens (primary N) is 1. The molecule has 18 heavy (non-hydrogen) atoms. The first-order valence-electron chi connectivity index (χ1n) is 6.84. The molecule has 2 nitrogen and oxygen atoms in total. The van der Waals surface area contributed by atoms with E-state index < -0.39 is 0 Å². The van der Waals surface area contributed by atoms with Crippen LogP contribution < -0.4 is 10.5 Å². The van der Waals surface area contributed by atoms with Gasteiger partial charge in [0, 0.05) is 10.5 Å². The van der Waals surface area contributed by atoms with E-state index in [1.807, 2.05) is 6.07 Å². The zero-order chi connectivity index (χ0) is 13.4. The summed E-state index contributed by atoms with van der Waals surface area (Å²) in [6, 6.07) is 6.57. The fraction of sp³-hybridized carbons (Fsp3) is 0.600. The predicted molar refractivity (Wildman–Crippen MR) is 81.1 cm³/mol. The van der Waals surface area contributed by atoms with E-state index in [4.69, 9.17) is 10.5 Å². The first-order valence-corrected chi connectivity index (χ1v) is 7.63. The van der Waals surface area contributed by atoms with Crippen molar-refractivity contribution in [3.63, 3.8) is 0 Å². The third-order valence-corrected chi connectivity index (χ3v) is 3.52. The Bertz CT molecular complexity index is 354. The molecule has 0 aliphatic rings. The highest BCUT2D eigenvalue weighted by Crippen LogP contribution is 2.25. The number of benzene rings is 1. The summed E-state index contributed by atoms with van der Waals surface area (Å²) < 4.78 is 6.89. The molecule has 0 amide bonds. The van der Waals surface area contributed by atoms with Crippen LogP contribution in [-0.2, 0) is 6.42 Å². The fourth-order valence-electron chi connectivity index (χ4n) is 1.86. The molecule has 0 aromatic heterocycles. The van der Waals surface area contributed by atoms with Crippen molar-refractivity contribution in [3.8, 4) is 5.75 Å². The molecule has 1 rings (SSSR count). The summed E-state index contributed by atoms with van der Waals surface area (Å²) in [6.07, 6.45) is 5.32. The lowest BCUT2D eigenvalue weighted by Crippen LogP contribution is -2.18. The second kappa shape index (κ2) is 8.54. The van der Waals surface area contributed by atoms with Crippen LogP contribution in [0.2, 0.25) is 0 Å². The summed E-state index contributed by atoms with van der Waals surface area (Å²) in [5.41, 5.74) is 7.22. The maximum atomic E-state index is 5.94. The van der Waals surface area contributed by atoms with Crippen molar-refractivity contribution in [2.24, 2.45) is 5.73 Å². The van der Waals surface area contributed by atoms with Gasteiger partial charge in [0.05, 0.1) is 6.61 Å². The van der Waals surface area contributed by atoms with Crippen LogP contribution in [0.25, 0.3) is 0 Å². The summed E-state index contributed by atoms with van der Waals surface area (Å²) in [5, 5.41) is 0. The monoisotopic (exact) mass is 313 g/mol. The average molecular weight is 314 g/mol. The highest BCUT2D eigenvalue weighted by Gasteiger charge is 2.06. The molecule has 0 radical (unpaired) electrons. The highest BCUT2D eigenvalue weighted by atomic mass is 79.9. The average Bonchev–Trinajstić information content (AvgIpc) is 2.37. The third-order valence-electron chi connectivity index (χ3n) is 3.03. The fourth-order valence-corrected chi connectivity index (χ4v) is 2.26. The largest absolute Gasteiger partial charge is 0.493 e. The third kappa shape index (κ3) is 5.40. The molecule has 0 saturated heterocycles. The van der Waals surface area contributed by atoms with Crippen molar-refractivity contribution in [3.05, 3.63) is 28.2 Å². The van der Waals surface area contributed by atoms with Gasteiger partial charge in [-0.2, -0.15) is 0 Å². The van der Waals surface area contributed by atoms with Gasteiger partial charge in [-0.25, -0.2) is 0 Å². The molecule has 0 heterocycles. The van der Waals surface area contributed by atoms with Gasteiger partial charge in [-0.1, -0.05) is 29.8 Å². The highest BCUT2D eigenvalue weighted by molar-refractivity contribution is 9.10. The molecule has 0 spiro atoms. The molecular weight excluding hydrogens is 290 g/mol. The first kappa shape index (κ1) is 15.5. The number of halogens is 1. The number of hydrogen-bond acceptors (Lipinski definition) is 2. The Kier molecular flexibility index (Phi) is 7.36. The number of hydrogen-bond donors (Lipinski definition) is 1. The van der Waals surface area contributed by atoms with Crippen LogP contribution in [0, 0.1) is 0 Å². The number of ether oxygens (including phenoxy) is 1. The molecule has 0 fully saturated rings. The molecule has 1 aromatic carbocycles. The van der Waals surface area contributed by atoms with Gasteiger partial charge < -0.3 is 10.5 Å². The van der Waals surface area contributed by atoms with Gasteiger partial charge in [0.1, 0.15) is 5.75 Å². The van der Waals surface area contributed by atoms with Gasteiger partial charge in [-0.15, -0.1) is 0 Å². The zero-order valence-electron chi connectivity index (χ0n) is 11.4. The smallest absolute Gasteiger partial charge is 0.122 e. The molecule has 1 unspecified atom stereocenters. The summed E-state index contributed by atoms with van der Waals surface area (Å²) >= 11 is 3.52.